The van der Waals surface area contributed by atoms with Crippen LogP contribution in [-0.2, 0) is 4.74 Å². The molecule has 1 aliphatic rings. The monoisotopic (exact) mass is 298 g/mol. The molecule has 4 heteroatoms. The van der Waals surface area contributed by atoms with Crippen LogP contribution < -0.4 is 11.1 Å². The molecule has 0 aromatic heterocycles. The van der Waals surface area contributed by atoms with Gasteiger partial charge in [-0.3, -0.25) is 0 Å². The van der Waals surface area contributed by atoms with E-state index in [-0.39, 0.29) is 5.54 Å². The van der Waals surface area contributed by atoms with Gasteiger partial charge in [0, 0.05) is 29.9 Å². The van der Waals surface area contributed by atoms with Gasteiger partial charge in [0.1, 0.15) is 0 Å². The maximum absolute atomic E-state index is 5.93. The molecule has 0 radical (unpaired) electrons. The van der Waals surface area contributed by atoms with Crippen molar-refractivity contribution in [2.75, 3.05) is 25.1 Å². The van der Waals surface area contributed by atoms with Crippen LogP contribution in [0.3, 0.4) is 0 Å². The van der Waals surface area contributed by atoms with Crippen LogP contribution in [0.5, 0.6) is 0 Å². The van der Waals surface area contributed by atoms with Gasteiger partial charge in [-0.05, 0) is 43.5 Å². The van der Waals surface area contributed by atoms with Crippen molar-refractivity contribution >= 4 is 21.6 Å². The third-order valence-corrected chi connectivity index (χ3v) is 3.75. The van der Waals surface area contributed by atoms with Crippen LogP contribution in [0, 0.1) is 6.92 Å². The molecule has 2 rings (SSSR count). The van der Waals surface area contributed by atoms with Crippen molar-refractivity contribution in [3.05, 3.63) is 28.2 Å². The molecule has 17 heavy (non-hydrogen) atoms. The Balaban J connectivity index is 2.17. The Bertz CT molecular complexity index is 369. The molecule has 0 amide bonds. The second kappa shape index (κ2) is 5.38. The molecule has 0 spiro atoms. The Labute approximate surface area is 111 Å². The number of hydrogen-bond donors (Lipinski definition) is 2. The minimum atomic E-state index is -0.00845. The zero-order valence-corrected chi connectivity index (χ0v) is 11.7. The molecule has 1 fully saturated rings. The SMILES string of the molecule is Cc1cc(Br)cc(NC2(CN)CCOCC2)c1. The molecule has 1 saturated heterocycles. The van der Waals surface area contributed by atoms with Crippen molar-refractivity contribution in [2.45, 2.75) is 25.3 Å². The van der Waals surface area contributed by atoms with E-state index in [2.05, 4.69) is 46.4 Å². The van der Waals surface area contributed by atoms with Crippen molar-refractivity contribution in [2.24, 2.45) is 5.73 Å². The van der Waals surface area contributed by atoms with E-state index in [0.29, 0.717) is 6.54 Å². The molecule has 0 unspecified atom stereocenters. The summed E-state index contributed by atoms with van der Waals surface area (Å²) in [7, 11) is 0. The lowest BCUT2D eigenvalue weighted by atomic mass is 9.89. The lowest BCUT2D eigenvalue weighted by Crippen LogP contribution is -2.49. The van der Waals surface area contributed by atoms with E-state index < -0.39 is 0 Å². The zero-order chi connectivity index (χ0) is 12.3. The Morgan fingerprint density at radius 3 is 2.65 bits per heavy atom. The molecule has 94 valence electrons. The van der Waals surface area contributed by atoms with Crippen LogP contribution in [0.4, 0.5) is 5.69 Å². The van der Waals surface area contributed by atoms with Crippen LogP contribution in [0.25, 0.3) is 0 Å². The van der Waals surface area contributed by atoms with E-state index in [9.17, 15) is 0 Å². The fourth-order valence-corrected chi connectivity index (χ4v) is 2.86. The summed E-state index contributed by atoms with van der Waals surface area (Å²) in [5.41, 5.74) is 8.29. The van der Waals surface area contributed by atoms with Crippen molar-refractivity contribution in [3.8, 4) is 0 Å². The van der Waals surface area contributed by atoms with Crippen LogP contribution in [0.1, 0.15) is 18.4 Å². The quantitative estimate of drug-likeness (QED) is 0.902. The summed E-state index contributed by atoms with van der Waals surface area (Å²) in [6.45, 7) is 4.31. The minimum Gasteiger partial charge on any atom is -0.381 e. The zero-order valence-electron chi connectivity index (χ0n) is 10.1. The van der Waals surface area contributed by atoms with Crippen LogP contribution >= 0.6 is 15.9 Å². The topological polar surface area (TPSA) is 47.3 Å². The normalized spacial score (nSPS) is 19.0. The number of ether oxygens (including phenoxy) is 1. The van der Waals surface area contributed by atoms with Crippen molar-refractivity contribution in [1.29, 1.82) is 0 Å². The summed E-state index contributed by atoms with van der Waals surface area (Å²) >= 11 is 3.52. The number of hydrogen-bond acceptors (Lipinski definition) is 3. The van der Waals surface area contributed by atoms with E-state index in [1.807, 2.05) is 0 Å². The fraction of sp³-hybridized carbons (Fsp3) is 0.538. The van der Waals surface area contributed by atoms with E-state index in [0.717, 1.165) is 36.2 Å². The molecule has 0 saturated carbocycles. The average molecular weight is 299 g/mol. The van der Waals surface area contributed by atoms with Crippen molar-refractivity contribution in [3.63, 3.8) is 0 Å². The predicted molar refractivity (Wildman–Crippen MR) is 74.3 cm³/mol. The van der Waals surface area contributed by atoms with Crippen LogP contribution in [0.2, 0.25) is 0 Å². The lowest BCUT2D eigenvalue weighted by molar-refractivity contribution is 0.0628. The van der Waals surface area contributed by atoms with Gasteiger partial charge < -0.3 is 15.8 Å². The Morgan fingerprint density at radius 2 is 2.06 bits per heavy atom. The summed E-state index contributed by atoms with van der Waals surface area (Å²) in [5.74, 6) is 0. The first kappa shape index (κ1) is 12.9. The molecular weight excluding hydrogens is 280 g/mol. The minimum absolute atomic E-state index is 0.00845. The highest BCUT2D eigenvalue weighted by Gasteiger charge is 2.30. The molecule has 1 heterocycles. The summed E-state index contributed by atoms with van der Waals surface area (Å²) in [4.78, 5) is 0. The lowest BCUT2D eigenvalue weighted by Gasteiger charge is -2.38. The van der Waals surface area contributed by atoms with Gasteiger partial charge in [-0.15, -0.1) is 0 Å². The third kappa shape index (κ3) is 3.21. The molecule has 0 bridgehead atoms. The average Bonchev–Trinajstić information content (AvgIpc) is 2.29. The van der Waals surface area contributed by atoms with E-state index in [1.54, 1.807) is 0 Å². The van der Waals surface area contributed by atoms with Gasteiger partial charge in [0.2, 0.25) is 0 Å². The summed E-state index contributed by atoms with van der Waals surface area (Å²) in [6, 6.07) is 6.35. The van der Waals surface area contributed by atoms with Gasteiger partial charge in [0.15, 0.2) is 0 Å². The molecular formula is C13H19BrN2O. The highest BCUT2D eigenvalue weighted by Crippen LogP contribution is 2.27. The molecule has 1 aromatic carbocycles. The van der Waals surface area contributed by atoms with Crippen LogP contribution in [-0.4, -0.2) is 25.3 Å². The first-order valence-electron chi connectivity index (χ1n) is 5.97. The Kier molecular flexibility index (Phi) is 4.07. The number of rotatable bonds is 3. The van der Waals surface area contributed by atoms with Gasteiger partial charge in [0.05, 0.1) is 5.54 Å². The Morgan fingerprint density at radius 1 is 1.35 bits per heavy atom. The molecule has 0 atom stereocenters. The van der Waals surface area contributed by atoms with E-state index in [1.165, 1.54) is 5.56 Å². The smallest absolute Gasteiger partial charge is 0.0539 e. The maximum atomic E-state index is 5.93. The summed E-state index contributed by atoms with van der Waals surface area (Å²) in [6.07, 6.45) is 1.93. The van der Waals surface area contributed by atoms with Gasteiger partial charge in [-0.1, -0.05) is 15.9 Å². The van der Waals surface area contributed by atoms with Crippen molar-refractivity contribution in [1.82, 2.24) is 0 Å². The molecule has 0 aliphatic carbocycles. The van der Waals surface area contributed by atoms with Crippen LogP contribution in [0.15, 0.2) is 22.7 Å². The van der Waals surface area contributed by atoms with Crippen molar-refractivity contribution < 1.29 is 4.74 Å². The highest BCUT2D eigenvalue weighted by atomic mass is 79.9. The number of nitrogens with two attached hydrogens (primary N) is 1. The first-order valence-corrected chi connectivity index (χ1v) is 6.76. The van der Waals surface area contributed by atoms with Gasteiger partial charge in [-0.2, -0.15) is 0 Å². The van der Waals surface area contributed by atoms with E-state index in [4.69, 9.17) is 10.5 Å². The second-order valence-corrected chi connectivity index (χ2v) is 5.65. The number of anilines is 1. The third-order valence-electron chi connectivity index (χ3n) is 3.29. The molecule has 3 N–H and O–H groups in total. The predicted octanol–water partition coefficient (Wildman–Crippen LogP) is 2.68. The highest BCUT2D eigenvalue weighted by molar-refractivity contribution is 9.10. The number of benzene rings is 1. The second-order valence-electron chi connectivity index (χ2n) is 4.74. The number of aryl methyl sites for hydroxylation is 1. The largest absolute Gasteiger partial charge is 0.381 e. The first-order chi connectivity index (χ1) is 8.13. The molecule has 1 aliphatic heterocycles. The number of halogens is 1. The molecule has 1 aromatic rings. The number of nitrogens with one attached hydrogen (secondary N) is 1. The van der Waals surface area contributed by atoms with Gasteiger partial charge in [-0.25, -0.2) is 0 Å². The Hall–Kier alpha value is -0.580. The standard InChI is InChI=1S/C13H19BrN2O/c1-10-6-11(14)8-12(7-10)16-13(9-15)2-4-17-5-3-13/h6-8,16H,2-5,9,15H2,1H3. The fourth-order valence-electron chi connectivity index (χ4n) is 2.26. The summed E-state index contributed by atoms with van der Waals surface area (Å²) < 4.78 is 6.50. The van der Waals surface area contributed by atoms with E-state index >= 15 is 0 Å². The van der Waals surface area contributed by atoms with Gasteiger partial charge in [0.25, 0.3) is 0 Å². The van der Waals surface area contributed by atoms with Gasteiger partial charge >= 0.3 is 0 Å². The molecule has 3 nitrogen and oxygen atoms in total. The maximum Gasteiger partial charge on any atom is 0.0539 e. The summed E-state index contributed by atoms with van der Waals surface area (Å²) in [5, 5.41) is 3.59.